The van der Waals surface area contributed by atoms with Crippen molar-refractivity contribution < 1.29 is 40.3 Å². The highest BCUT2D eigenvalue weighted by Crippen LogP contribution is 2.44. The predicted octanol–water partition coefficient (Wildman–Crippen LogP) is 7.67. The minimum atomic E-state index is -4.95. The van der Waals surface area contributed by atoms with Crippen molar-refractivity contribution in [1.29, 1.82) is 0 Å². The molecule has 4 aromatic rings. The molecule has 1 aliphatic rings. The minimum Gasteiger partial charge on any atom is -0.341 e. The molecule has 0 aliphatic carbocycles. The van der Waals surface area contributed by atoms with E-state index in [0.717, 1.165) is 16.8 Å². The fraction of sp³-hybridized carbons (Fsp3) is 0.250. The third-order valence-electron chi connectivity index (χ3n) is 6.36. The largest absolute Gasteiger partial charge is 0.416 e. The average molecular weight is 615 g/mol. The summed E-state index contributed by atoms with van der Waals surface area (Å²) in [6, 6.07) is 4.68. The Hall–Kier alpha value is -4.13. The Morgan fingerprint density at radius 2 is 1.79 bits per heavy atom. The first-order chi connectivity index (χ1) is 19.7. The van der Waals surface area contributed by atoms with E-state index in [2.05, 4.69) is 15.7 Å². The number of aryl methyl sites for hydroxylation is 1. The molecule has 0 radical (unpaired) electrons. The normalized spacial score (nSPS) is 14.5. The highest BCUT2D eigenvalue weighted by atomic mass is 35.5. The fourth-order valence-corrected chi connectivity index (χ4v) is 5.00. The Labute approximate surface area is 239 Å². The first-order valence-corrected chi connectivity index (χ1v) is 12.9. The van der Waals surface area contributed by atoms with Gasteiger partial charge in [0.2, 0.25) is 0 Å². The number of halogens is 8. The molecule has 0 spiro atoms. The Balaban J connectivity index is 0.00000198. The highest BCUT2D eigenvalue weighted by Gasteiger charge is 2.38. The number of aromatic nitrogens is 2. The maximum absolute atomic E-state index is 14.2. The molecule has 2 N–H and O–H groups in total. The molecule has 1 atom stereocenters. The zero-order valence-corrected chi connectivity index (χ0v) is 22.9. The van der Waals surface area contributed by atoms with Crippen LogP contribution < -0.4 is 10.6 Å². The van der Waals surface area contributed by atoms with Crippen LogP contribution in [0.5, 0.6) is 0 Å². The lowest BCUT2D eigenvalue weighted by atomic mass is 9.93. The number of amides is 2. The van der Waals surface area contributed by atoms with Gasteiger partial charge in [-0.2, -0.15) is 18.3 Å². The van der Waals surface area contributed by atoms with Gasteiger partial charge >= 0.3 is 6.18 Å². The maximum atomic E-state index is 14.2. The third kappa shape index (κ3) is 5.78. The summed E-state index contributed by atoms with van der Waals surface area (Å²) in [4.78, 5) is 26.3. The van der Waals surface area contributed by atoms with Gasteiger partial charge in [-0.15, -0.1) is 0 Å². The number of nitrogens with one attached hydrogen (secondary N) is 2. The average Bonchev–Trinajstić information content (AvgIpc) is 3.41. The van der Waals surface area contributed by atoms with Gasteiger partial charge < -0.3 is 10.6 Å². The van der Waals surface area contributed by atoms with Gasteiger partial charge in [0.15, 0.2) is 0 Å². The molecular formula is C28H22ClF7N4O2. The number of benzene rings is 3. The van der Waals surface area contributed by atoms with Crippen LogP contribution in [0.15, 0.2) is 42.5 Å². The van der Waals surface area contributed by atoms with Crippen molar-refractivity contribution in [2.75, 3.05) is 5.32 Å². The topological polar surface area (TPSA) is 76.0 Å². The molecule has 2 amide bonds. The summed E-state index contributed by atoms with van der Waals surface area (Å²) in [7, 11) is 0. The third-order valence-corrected chi connectivity index (χ3v) is 6.71. The summed E-state index contributed by atoms with van der Waals surface area (Å²) < 4.78 is 95.4. The van der Waals surface area contributed by atoms with Crippen LogP contribution in [0.4, 0.5) is 36.4 Å². The Kier molecular flexibility index (Phi) is 8.53. The molecule has 6 nitrogen and oxygen atoms in total. The molecule has 14 heteroatoms. The van der Waals surface area contributed by atoms with Gasteiger partial charge in [-0.05, 0) is 49.4 Å². The van der Waals surface area contributed by atoms with Crippen molar-refractivity contribution >= 4 is 40.0 Å². The Bertz CT molecular complexity index is 1700. The number of alkyl halides is 5. The van der Waals surface area contributed by atoms with Crippen LogP contribution in [-0.2, 0) is 12.7 Å². The van der Waals surface area contributed by atoms with Gasteiger partial charge in [0.25, 0.3) is 18.2 Å². The smallest absolute Gasteiger partial charge is 0.341 e. The summed E-state index contributed by atoms with van der Waals surface area (Å²) >= 11 is 6.28. The molecule has 2 heterocycles. The number of carbonyl (C=O) groups is 2. The number of hydrogen-bond donors (Lipinski definition) is 2. The first kappa shape index (κ1) is 30.8. The number of rotatable bonds is 5. The minimum absolute atomic E-state index is 0.0169. The van der Waals surface area contributed by atoms with Crippen molar-refractivity contribution in [3.05, 3.63) is 92.6 Å². The highest BCUT2D eigenvalue weighted by molar-refractivity contribution is 6.31. The standard InChI is InChI=1S/C26H16ClF7N4O2.C2H6/c1-10-20-18(38(37-10)9-19(30)31)8-17(35-24(39)11-4-12(26(32,33)34)6-14(29)5-11)21-22(20)25(40)36-23(21)15-7-13(28)2-3-16(15)27;1-2/h2-8,19,23H,9H2,1H3,(H,35,39)(H,36,40);1-2H3. The van der Waals surface area contributed by atoms with Crippen LogP contribution >= 0.6 is 11.6 Å². The zero-order valence-electron chi connectivity index (χ0n) is 22.1. The summed E-state index contributed by atoms with van der Waals surface area (Å²) in [5, 5.41) is 9.30. The van der Waals surface area contributed by atoms with Gasteiger partial charge in [-0.1, -0.05) is 25.4 Å². The second kappa shape index (κ2) is 11.6. The van der Waals surface area contributed by atoms with Crippen molar-refractivity contribution in [2.24, 2.45) is 0 Å². The lowest BCUT2D eigenvalue weighted by molar-refractivity contribution is -0.137. The Morgan fingerprint density at radius 3 is 2.43 bits per heavy atom. The summed E-state index contributed by atoms with van der Waals surface area (Å²) in [6.45, 7) is 4.61. The molecule has 0 fully saturated rings. The van der Waals surface area contributed by atoms with E-state index < -0.39 is 59.8 Å². The molecule has 1 unspecified atom stereocenters. The fourth-order valence-electron chi connectivity index (χ4n) is 4.77. The Morgan fingerprint density at radius 1 is 1.10 bits per heavy atom. The van der Waals surface area contributed by atoms with Crippen molar-refractivity contribution in [3.8, 4) is 0 Å². The monoisotopic (exact) mass is 614 g/mol. The van der Waals surface area contributed by atoms with E-state index >= 15 is 0 Å². The van der Waals surface area contributed by atoms with Crippen molar-refractivity contribution in [1.82, 2.24) is 15.1 Å². The van der Waals surface area contributed by atoms with E-state index in [1.54, 1.807) is 0 Å². The second-order valence-corrected chi connectivity index (χ2v) is 9.43. The van der Waals surface area contributed by atoms with E-state index in [1.165, 1.54) is 19.1 Å². The van der Waals surface area contributed by atoms with E-state index in [0.29, 0.717) is 12.1 Å². The number of hydrogen-bond acceptors (Lipinski definition) is 3. The quantitative estimate of drug-likeness (QED) is 0.227. The SMILES string of the molecule is CC.Cc1nn(CC(F)F)c2cc(NC(=O)c3cc(F)cc(C(F)(F)F)c3)c3c(c12)C(=O)NC3c1cc(F)ccc1Cl. The summed E-state index contributed by atoms with van der Waals surface area (Å²) in [6.07, 6.45) is -7.79. The molecule has 0 saturated carbocycles. The molecule has 3 aromatic carbocycles. The van der Waals surface area contributed by atoms with Crippen LogP contribution in [0.2, 0.25) is 5.02 Å². The van der Waals surface area contributed by atoms with Crippen LogP contribution in [0.25, 0.3) is 10.9 Å². The predicted molar refractivity (Wildman–Crippen MR) is 142 cm³/mol. The number of anilines is 1. The van der Waals surface area contributed by atoms with Gasteiger partial charge in [-0.25, -0.2) is 17.6 Å². The van der Waals surface area contributed by atoms with Crippen LogP contribution in [0, 0.1) is 18.6 Å². The molecule has 5 rings (SSSR count). The maximum Gasteiger partial charge on any atom is 0.416 e. The lowest BCUT2D eigenvalue weighted by Crippen LogP contribution is -2.21. The van der Waals surface area contributed by atoms with E-state index in [1.807, 2.05) is 13.8 Å². The molecule has 1 aromatic heterocycles. The first-order valence-electron chi connectivity index (χ1n) is 12.5. The molecule has 42 heavy (non-hydrogen) atoms. The lowest BCUT2D eigenvalue weighted by Gasteiger charge is -2.19. The second-order valence-electron chi connectivity index (χ2n) is 9.02. The molecule has 222 valence electrons. The molecule has 1 aliphatic heterocycles. The van der Waals surface area contributed by atoms with E-state index in [9.17, 15) is 40.3 Å². The summed E-state index contributed by atoms with van der Waals surface area (Å²) in [5.74, 6) is -3.93. The zero-order chi connectivity index (χ0) is 31.1. The molecule has 0 saturated heterocycles. The van der Waals surface area contributed by atoms with Crippen LogP contribution in [0.3, 0.4) is 0 Å². The number of fused-ring (bicyclic) bond motifs is 3. The van der Waals surface area contributed by atoms with Gasteiger partial charge in [-0.3, -0.25) is 14.3 Å². The van der Waals surface area contributed by atoms with Crippen LogP contribution in [0.1, 0.15) is 63.0 Å². The number of carbonyl (C=O) groups excluding carboxylic acids is 2. The van der Waals surface area contributed by atoms with Gasteiger partial charge in [0.05, 0.1) is 28.4 Å². The van der Waals surface area contributed by atoms with Crippen molar-refractivity contribution in [3.63, 3.8) is 0 Å². The number of nitrogens with zero attached hydrogens (tertiary/aromatic N) is 2. The summed E-state index contributed by atoms with van der Waals surface area (Å²) in [5.41, 5.74) is -2.03. The van der Waals surface area contributed by atoms with Gasteiger partial charge in [0, 0.05) is 32.8 Å². The molecular weight excluding hydrogens is 593 g/mol. The van der Waals surface area contributed by atoms with Crippen LogP contribution in [-0.4, -0.2) is 28.0 Å². The molecule has 0 bridgehead atoms. The van der Waals surface area contributed by atoms with Gasteiger partial charge in [0.1, 0.15) is 18.2 Å². The van der Waals surface area contributed by atoms with E-state index in [-0.39, 0.29) is 50.1 Å². The van der Waals surface area contributed by atoms with Crippen molar-refractivity contribution in [2.45, 2.75) is 46.0 Å². The van der Waals surface area contributed by atoms with E-state index in [4.69, 9.17) is 11.6 Å².